The molecule has 1 aromatic carbocycles. The van der Waals surface area contributed by atoms with Gasteiger partial charge in [-0.1, -0.05) is 30.3 Å². The Kier molecular flexibility index (Phi) is 2.31. The molecule has 1 unspecified atom stereocenters. The monoisotopic (exact) mass is 211 g/mol. The Bertz CT molecular complexity index is 482. The van der Waals surface area contributed by atoms with E-state index in [4.69, 9.17) is 0 Å². The summed E-state index contributed by atoms with van der Waals surface area (Å²) < 4.78 is 0. The van der Waals surface area contributed by atoms with Crippen LogP contribution in [0.1, 0.15) is 17.4 Å². The van der Waals surface area contributed by atoms with Gasteiger partial charge in [0, 0.05) is 12.7 Å². The van der Waals surface area contributed by atoms with E-state index in [2.05, 4.69) is 45.9 Å². The molecule has 1 atom stereocenters. The Hall–Kier alpha value is -1.87. The molecular formula is C13H13N3. The molecule has 2 aromatic rings. The van der Waals surface area contributed by atoms with Crippen LogP contribution in [0.15, 0.2) is 48.7 Å². The number of benzene rings is 1. The first-order valence-electron chi connectivity index (χ1n) is 5.42. The van der Waals surface area contributed by atoms with Crippen LogP contribution in [0.25, 0.3) is 0 Å². The fourth-order valence-electron chi connectivity index (χ4n) is 1.96. The highest BCUT2D eigenvalue weighted by Gasteiger charge is 2.17. The van der Waals surface area contributed by atoms with Crippen LogP contribution in [-0.4, -0.2) is 4.98 Å². The molecule has 0 saturated heterocycles. The van der Waals surface area contributed by atoms with Gasteiger partial charge in [-0.15, -0.1) is 0 Å². The van der Waals surface area contributed by atoms with Gasteiger partial charge >= 0.3 is 0 Å². The summed E-state index contributed by atoms with van der Waals surface area (Å²) in [4.78, 5) is 4.32. The van der Waals surface area contributed by atoms with E-state index in [-0.39, 0.29) is 6.17 Å². The number of rotatable bonds is 1. The molecular weight excluding hydrogens is 198 g/mol. The lowest BCUT2D eigenvalue weighted by atomic mass is 10.1. The van der Waals surface area contributed by atoms with Crippen LogP contribution >= 0.6 is 0 Å². The zero-order chi connectivity index (χ0) is 10.8. The van der Waals surface area contributed by atoms with E-state index in [9.17, 15) is 0 Å². The van der Waals surface area contributed by atoms with Crippen LogP contribution in [0.3, 0.4) is 0 Å². The van der Waals surface area contributed by atoms with Crippen LogP contribution in [0.4, 0.5) is 5.69 Å². The fourth-order valence-corrected chi connectivity index (χ4v) is 1.96. The van der Waals surface area contributed by atoms with Crippen molar-refractivity contribution in [3.8, 4) is 0 Å². The van der Waals surface area contributed by atoms with E-state index in [1.807, 2.05) is 18.3 Å². The van der Waals surface area contributed by atoms with Gasteiger partial charge < -0.3 is 5.32 Å². The third-order valence-electron chi connectivity index (χ3n) is 2.80. The second-order valence-corrected chi connectivity index (χ2v) is 3.87. The summed E-state index contributed by atoms with van der Waals surface area (Å²) in [5.74, 6) is 0. The molecule has 2 N–H and O–H groups in total. The Morgan fingerprint density at radius 2 is 1.94 bits per heavy atom. The number of hydrogen-bond donors (Lipinski definition) is 2. The molecule has 0 amide bonds. The standard InChI is InChI=1S/C13H13N3/c1-2-5-10(6-3-1)13-15-9-12-11(16-13)7-4-8-14-12/h1-8,13,15-16H,9H2. The highest BCUT2D eigenvalue weighted by Crippen LogP contribution is 2.24. The summed E-state index contributed by atoms with van der Waals surface area (Å²) >= 11 is 0. The Morgan fingerprint density at radius 1 is 1.06 bits per heavy atom. The Morgan fingerprint density at radius 3 is 2.81 bits per heavy atom. The maximum atomic E-state index is 4.32. The summed E-state index contributed by atoms with van der Waals surface area (Å²) in [5, 5.41) is 6.86. The first-order chi connectivity index (χ1) is 7.93. The van der Waals surface area contributed by atoms with Gasteiger partial charge in [-0.05, 0) is 17.7 Å². The smallest absolute Gasteiger partial charge is 0.104 e. The molecule has 1 aliphatic heterocycles. The Labute approximate surface area is 94.5 Å². The molecule has 0 saturated carbocycles. The van der Waals surface area contributed by atoms with Gasteiger partial charge in [-0.25, -0.2) is 0 Å². The van der Waals surface area contributed by atoms with Crippen LogP contribution in [0.2, 0.25) is 0 Å². The molecule has 0 spiro atoms. The van der Waals surface area contributed by atoms with Gasteiger partial charge in [0.05, 0.1) is 11.4 Å². The normalized spacial score (nSPS) is 18.6. The van der Waals surface area contributed by atoms with Crippen molar-refractivity contribution in [1.82, 2.24) is 10.3 Å². The molecule has 3 heteroatoms. The van der Waals surface area contributed by atoms with Crippen LogP contribution in [0, 0.1) is 0 Å². The van der Waals surface area contributed by atoms with Gasteiger partial charge in [0.2, 0.25) is 0 Å². The van der Waals surface area contributed by atoms with E-state index < -0.39 is 0 Å². The SMILES string of the molecule is c1ccc(C2NCc3ncccc3N2)cc1. The maximum Gasteiger partial charge on any atom is 0.104 e. The number of nitrogens with one attached hydrogen (secondary N) is 2. The molecule has 1 aliphatic rings. The van der Waals surface area contributed by atoms with Crippen molar-refractivity contribution in [2.75, 3.05) is 5.32 Å². The first kappa shape index (κ1) is 9.36. The third kappa shape index (κ3) is 1.66. The molecule has 3 rings (SSSR count). The zero-order valence-electron chi connectivity index (χ0n) is 8.85. The second-order valence-electron chi connectivity index (χ2n) is 3.87. The topological polar surface area (TPSA) is 37.0 Å². The molecule has 0 radical (unpaired) electrons. The van der Waals surface area contributed by atoms with E-state index in [1.165, 1.54) is 5.56 Å². The lowest BCUT2D eigenvalue weighted by molar-refractivity contribution is 0.556. The molecule has 80 valence electrons. The predicted octanol–water partition coefficient (Wildman–Crippen LogP) is 2.30. The lowest BCUT2D eigenvalue weighted by Gasteiger charge is -2.27. The fraction of sp³-hybridized carbons (Fsp3) is 0.154. The molecule has 1 aromatic heterocycles. The van der Waals surface area contributed by atoms with Gasteiger partial charge in [0.1, 0.15) is 6.17 Å². The number of aromatic nitrogens is 1. The average Bonchev–Trinajstić information content (AvgIpc) is 2.39. The van der Waals surface area contributed by atoms with Gasteiger partial charge in [-0.3, -0.25) is 10.3 Å². The van der Waals surface area contributed by atoms with Crippen LogP contribution in [0.5, 0.6) is 0 Å². The summed E-state index contributed by atoms with van der Waals surface area (Å²) in [6, 6.07) is 14.4. The van der Waals surface area contributed by atoms with Crippen LogP contribution in [-0.2, 0) is 6.54 Å². The minimum absolute atomic E-state index is 0.179. The molecule has 0 aliphatic carbocycles. The Balaban J connectivity index is 1.89. The predicted molar refractivity (Wildman–Crippen MR) is 63.9 cm³/mol. The van der Waals surface area contributed by atoms with E-state index in [0.717, 1.165) is 17.9 Å². The lowest BCUT2D eigenvalue weighted by Crippen LogP contribution is -2.32. The highest BCUT2D eigenvalue weighted by atomic mass is 15.2. The minimum Gasteiger partial charge on any atom is -0.364 e. The molecule has 2 heterocycles. The second kappa shape index (κ2) is 3.94. The highest BCUT2D eigenvalue weighted by molar-refractivity contribution is 5.51. The number of pyridine rings is 1. The third-order valence-corrected chi connectivity index (χ3v) is 2.80. The molecule has 3 nitrogen and oxygen atoms in total. The van der Waals surface area contributed by atoms with Gasteiger partial charge in [-0.2, -0.15) is 0 Å². The number of anilines is 1. The van der Waals surface area contributed by atoms with Crippen LogP contribution < -0.4 is 10.6 Å². The number of hydrogen-bond acceptors (Lipinski definition) is 3. The number of fused-ring (bicyclic) bond motifs is 1. The summed E-state index contributed by atoms with van der Waals surface area (Å²) in [5.41, 5.74) is 3.45. The van der Waals surface area contributed by atoms with Crippen molar-refractivity contribution < 1.29 is 0 Å². The molecule has 0 fully saturated rings. The summed E-state index contributed by atoms with van der Waals surface area (Å²) in [7, 11) is 0. The van der Waals surface area contributed by atoms with E-state index >= 15 is 0 Å². The largest absolute Gasteiger partial charge is 0.364 e. The summed E-state index contributed by atoms with van der Waals surface area (Å²) in [6.07, 6.45) is 2.00. The van der Waals surface area contributed by atoms with E-state index in [1.54, 1.807) is 0 Å². The van der Waals surface area contributed by atoms with Crippen molar-refractivity contribution in [2.24, 2.45) is 0 Å². The zero-order valence-corrected chi connectivity index (χ0v) is 8.85. The first-order valence-corrected chi connectivity index (χ1v) is 5.42. The average molecular weight is 211 g/mol. The summed E-state index contributed by atoms with van der Waals surface area (Å²) in [6.45, 7) is 0.808. The van der Waals surface area contributed by atoms with Crippen molar-refractivity contribution in [1.29, 1.82) is 0 Å². The van der Waals surface area contributed by atoms with Gasteiger partial charge in [0.15, 0.2) is 0 Å². The van der Waals surface area contributed by atoms with Crippen molar-refractivity contribution in [2.45, 2.75) is 12.7 Å². The minimum atomic E-state index is 0.179. The van der Waals surface area contributed by atoms with Gasteiger partial charge in [0.25, 0.3) is 0 Å². The van der Waals surface area contributed by atoms with E-state index in [0.29, 0.717) is 0 Å². The van der Waals surface area contributed by atoms with Crippen molar-refractivity contribution in [3.63, 3.8) is 0 Å². The number of nitrogens with zero attached hydrogens (tertiary/aromatic N) is 1. The maximum absolute atomic E-state index is 4.32. The van der Waals surface area contributed by atoms with Crippen molar-refractivity contribution in [3.05, 3.63) is 59.9 Å². The molecule has 0 bridgehead atoms. The molecule has 16 heavy (non-hydrogen) atoms. The quantitative estimate of drug-likeness (QED) is 0.760. The van der Waals surface area contributed by atoms with Crippen molar-refractivity contribution >= 4 is 5.69 Å².